The van der Waals surface area contributed by atoms with Crippen molar-refractivity contribution in [2.24, 2.45) is 0 Å². The molecule has 1 N–H and O–H groups in total. The summed E-state index contributed by atoms with van der Waals surface area (Å²) in [6.45, 7) is 8.11. The Bertz CT molecular complexity index is 918. The second kappa shape index (κ2) is 6.97. The van der Waals surface area contributed by atoms with E-state index in [1.807, 2.05) is 17.5 Å². The van der Waals surface area contributed by atoms with E-state index in [4.69, 9.17) is 4.74 Å². The average molecular weight is 364 g/mol. The van der Waals surface area contributed by atoms with E-state index < -0.39 is 0 Å². The van der Waals surface area contributed by atoms with Gasteiger partial charge in [-0.25, -0.2) is 4.98 Å². The van der Waals surface area contributed by atoms with Crippen LogP contribution >= 0.6 is 0 Å². The number of benzene rings is 1. The molecule has 1 aromatic carbocycles. The number of hydrogen-bond acceptors (Lipinski definition) is 4. The van der Waals surface area contributed by atoms with Crippen LogP contribution in [0.2, 0.25) is 0 Å². The summed E-state index contributed by atoms with van der Waals surface area (Å²) in [5, 5.41) is 8.00. The van der Waals surface area contributed by atoms with E-state index in [0.29, 0.717) is 0 Å². The van der Waals surface area contributed by atoms with Gasteiger partial charge in [0.25, 0.3) is 0 Å². The minimum atomic E-state index is -0.101. The van der Waals surface area contributed by atoms with Crippen LogP contribution in [-0.2, 0) is 10.2 Å². The maximum Gasteiger partial charge on any atom is 0.157 e. The lowest BCUT2D eigenvalue weighted by molar-refractivity contribution is -0.0835. The van der Waals surface area contributed by atoms with Crippen molar-refractivity contribution >= 4 is 11.5 Å². The van der Waals surface area contributed by atoms with Crippen LogP contribution < -0.4 is 5.32 Å². The van der Waals surface area contributed by atoms with Crippen LogP contribution in [-0.4, -0.2) is 33.4 Å². The molecule has 1 fully saturated rings. The Morgan fingerprint density at radius 3 is 2.78 bits per heavy atom. The number of rotatable bonds is 5. The van der Waals surface area contributed by atoms with E-state index in [2.05, 4.69) is 65.6 Å². The molecule has 3 heterocycles. The molecule has 27 heavy (non-hydrogen) atoms. The minimum absolute atomic E-state index is 0.101. The molecule has 4 rings (SSSR count). The number of aromatic nitrogens is 3. The molecule has 1 aliphatic heterocycles. The first-order valence-electron chi connectivity index (χ1n) is 9.72. The molecule has 5 heteroatoms. The molecule has 0 bridgehead atoms. The second-order valence-corrected chi connectivity index (χ2v) is 8.24. The zero-order valence-electron chi connectivity index (χ0n) is 16.4. The van der Waals surface area contributed by atoms with Crippen LogP contribution in [0.5, 0.6) is 0 Å². The lowest BCUT2D eigenvalue weighted by Gasteiger charge is -2.45. The molecule has 1 saturated heterocycles. The van der Waals surface area contributed by atoms with Gasteiger partial charge in [-0.1, -0.05) is 30.3 Å². The van der Waals surface area contributed by atoms with Gasteiger partial charge in [-0.05, 0) is 45.6 Å². The summed E-state index contributed by atoms with van der Waals surface area (Å²) >= 11 is 0. The zero-order chi connectivity index (χ0) is 18.9. The van der Waals surface area contributed by atoms with E-state index in [-0.39, 0.29) is 11.0 Å². The normalized spacial score (nSPS) is 22.0. The molecule has 0 saturated carbocycles. The lowest BCUT2D eigenvalue weighted by Crippen LogP contribution is -2.45. The van der Waals surface area contributed by atoms with Gasteiger partial charge in [-0.15, -0.1) is 0 Å². The summed E-state index contributed by atoms with van der Waals surface area (Å²) < 4.78 is 7.90. The Morgan fingerprint density at radius 2 is 2.00 bits per heavy atom. The minimum Gasteiger partial charge on any atom is -0.376 e. The number of hydrogen-bond donors (Lipinski definition) is 1. The van der Waals surface area contributed by atoms with Crippen LogP contribution in [0.3, 0.4) is 0 Å². The van der Waals surface area contributed by atoms with Crippen molar-refractivity contribution in [3.05, 3.63) is 59.9 Å². The highest BCUT2D eigenvalue weighted by Gasteiger charge is 2.41. The standard InChI is InChI=1S/C22H28N4O/c1-17-15-20(26-19(25-17)9-12-24-26)23-13-10-22(18-7-5-4-6-8-18)11-14-27-21(2,3)16-22/h4-9,12,15,23H,10-11,13-14,16H2,1-3H3/t22-/m0/s1. The first-order valence-corrected chi connectivity index (χ1v) is 9.72. The van der Waals surface area contributed by atoms with Crippen LogP contribution in [0.15, 0.2) is 48.7 Å². The molecule has 3 aromatic rings. The average Bonchev–Trinajstić information content (AvgIpc) is 3.10. The fraction of sp³-hybridized carbons (Fsp3) is 0.455. The molecular weight excluding hydrogens is 336 g/mol. The quantitative estimate of drug-likeness (QED) is 0.730. The van der Waals surface area contributed by atoms with Crippen molar-refractivity contribution in [1.29, 1.82) is 0 Å². The number of nitrogens with zero attached hydrogens (tertiary/aromatic N) is 3. The predicted molar refractivity (Wildman–Crippen MR) is 108 cm³/mol. The third kappa shape index (κ3) is 3.69. The molecule has 0 unspecified atom stereocenters. The van der Waals surface area contributed by atoms with Crippen molar-refractivity contribution in [2.45, 2.75) is 51.0 Å². The molecule has 2 aromatic heterocycles. The number of aryl methyl sites for hydroxylation is 1. The third-order valence-electron chi connectivity index (χ3n) is 5.62. The van der Waals surface area contributed by atoms with Gasteiger partial charge in [0.05, 0.1) is 11.8 Å². The van der Waals surface area contributed by atoms with Crippen LogP contribution in [0, 0.1) is 6.92 Å². The van der Waals surface area contributed by atoms with Crippen LogP contribution in [0.1, 0.15) is 44.4 Å². The van der Waals surface area contributed by atoms with Crippen molar-refractivity contribution in [3.8, 4) is 0 Å². The maximum atomic E-state index is 6.03. The highest BCUT2D eigenvalue weighted by Crippen LogP contribution is 2.43. The summed E-state index contributed by atoms with van der Waals surface area (Å²) in [7, 11) is 0. The van der Waals surface area contributed by atoms with Crippen molar-refractivity contribution in [1.82, 2.24) is 14.6 Å². The number of ether oxygens (including phenoxy) is 1. The smallest absolute Gasteiger partial charge is 0.157 e. The molecule has 0 radical (unpaired) electrons. The molecule has 0 spiro atoms. The fourth-order valence-corrected chi connectivity index (χ4v) is 4.47. The SMILES string of the molecule is Cc1cc(NCC[C@]2(c3ccccc3)CCOC(C)(C)C2)n2nccc2n1. The van der Waals surface area contributed by atoms with Gasteiger partial charge >= 0.3 is 0 Å². The van der Waals surface area contributed by atoms with Gasteiger partial charge in [0.2, 0.25) is 0 Å². The molecule has 0 amide bonds. The Kier molecular flexibility index (Phi) is 4.64. The van der Waals surface area contributed by atoms with Crippen LogP contribution in [0.25, 0.3) is 5.65 Å². The second-order valence-electron chi connectivity index (χ2n) is 8.24. The summed E-state index contributed by atoms with van der Waals surface area (Å²) in [5.41, 5.74) is 3.31. The van der Waals surface area contributed by atoms with Crippen molar-refractivity contribution in [3.63, 3.8) is 0 Å². The fourth-order valence-electron chi connectivity index (χ4n) is 4.47. The van der Waals surface area contributed by atoms with Gasteiger partial charge in [0.15, 0.2) is 5.65 Å². The molecule has 1 atom stereocenters. The van der Waals surface area contributed by atoms with E-state index in [1.165, 1.54) is 5.56 Å². The van der Waals surface area contributed by atoms with E-state index in [1.54, 1.807) is 6.20 Å². The first-order chi connectivity index (χ1) is 13.0. The summed E-state index contributed by atoms with van der Waals surface area (Å²) in [4.78, 5) is 4.52. The first kappa shape index (κ1) is 18.0. The third-order valence-corrected chi connectivity index (χ3v) is 5.62. The van der Waals surface area contributed by atoms with E-state index >= 15 is 0 Å². The molecule has 5 nitrogen and oxygen atoms in total. The number of fused-ring (bicyclic) bond motifs is 1. The summed E-state index contributed by atoms with van der Waals surface area (Å²) in [5.74, 6) is 0.997. The van der Waals surface area contributed by atoms with Gasteiger partial charge < -0.3 is 10.1 Å². The summed E-state index contributed by atoms with van der Waals surface area (Å²) in [6, 6.07) is 14.9. The monoisotopic (exact) mass is 364 g/mol. The highest BCUT2D eigenvalue weighted by molar-refractivity contribution is 5.48. The Balaban J connectivity index is 1.57. The molecule has 1 aliphatic rings. The lowest BCUT2D eigenvalue weighted by atomic mass is 9.67. The highest BCUT2D eigenvalue weighted by atomic mass is 16.5. The van der Waals surface area contributed by atoms with E-state index in [0.717, 1.165) is 49.6 Å². The Hall–Kier alpha value is -2.40. The Labute approximate surface area is 160 Å². The molecule has 0 aliphatic carbocycles. The topological polar surface area (TPSA) is 51.5 Å². The number of nitrogens with one attached hydrogen (secondary N) is 1. The largest absolute Gasteiger partial charge is 0.376 e. The Morgan fingerprint density at radius 1 is 1.19 bits per heavy atom. The van der Waals surface area contributed by atoms with Gasteiger partial charge in [-0.3, -0.25) is 0 Å². The van der Waals surface area contributed by atoms with Gasteiger partial charge in [-0.2, -0.15) is 9.61 Å². The molecule has 142 valence electrons. The zero-order valence-corrected chi connectivity index (χ0v) is 16.4. The molecular formula is C22H28N4O. The summed E-state index contributed by atoms with van der Waals surface area (Å²) in [6.07, 6.45) is 4.92. The van der Waals surface area contributed by atoms with Crippen LogP contribution in [0.4, 0.5) is 5.82 Å². The van der Waals surface area contributed by atoms with Crippen molar-refractivity contribution in [2.75, 3.05) is 18.5 Å². The van der Waals surface area contributed by atoms with Gasteiger partial charge in [0, 0.05) is 36.4 Å². The van der Waals surface area contributed by atoms with Crippen molar-refractivity contribution < 1.29 is 4.74 Å². The maximum absolute atomic E-state index is 6.03. The van der Waals surface area contributed by atoms with Gasteiger partial charge in [0.1, 0.15) is 5.82 Å². The van der Waals surface area contributed by atoms with E-state index in [9.17, 15) is 0 Å². The number of anilines is 1. The predicted octanol–water partition coefficient (Wildman–Crippen LogP) is 4.37.